The van der Waals surface area contributed by atoms with Gasteiger partial charge in [-0.2, -0.15) is 0 Å². The van der Waals surface area contributed by atoms with Crippen molar-refractivity contribution in [2.24, 2.45) is 5.92 Å². The number of hydrogen-bond donors (Lipinski definition) is 1. The van der Waals surface area contributed by atoms with Crippen molar-refractivity contribution in [2.75, 3.05) is 26.8 Å². The molecule has 156 valence electrons. The Hall–Kier alpha value is -2.53. The van der Waals surface area contributed by atoms with Gasteiger partial charge < -0.3 is 14.8 Å². The molecule has 0 aliphatic carbocycles. The van der Waals surface area contributed by atoms with Gasteiger partial charge in [-0.05, 0) is 63.0 Å². The summed E-state index contributed by atoms with van der Waals surface area (Å²) in [5.41, 5.74) is 2.34. The SMILES string of the molecule is CCOc1ccc(CN2CCC(C(=O)N[C@H](C)c3ccccc3)CC2)cc1OC. The number of rotatable bonds is 8. The smallest absolute Gasteiger partial charge is 0.223 e. The lowest BCUT2D eigenvalue weighted by molar-refractivity contribution is -0.127. The Bertz CT molecular complexity index is 786. The maximum Gasteiger partial charge on any atom is 0.223 e. The molecule has 2 aromatic carbocycles. The zero-order valence-corrected chi connectivity index (χ0v) is 17.7. The summed E-state index contributed by atoms with van der Waals surface area (Å²) < 4.78 is 11.0. The predicted octanol–water partition coefficient (Wildman–Crippen LogP) is 4.18. The third kappa shape index (κ3) is 5.73. The van der Waals surface area contributed by atoms with Crippen LogP contribution in [0.4, 0.5) is 0 Å². The maximum absolute atomic E-state index is 12.7. The van der Waals surface area contributed by atoms with Gasteiger partial charge in [0, 0.05) is 12.5 Å². The molecule has 1 fully saturated rings. The minimum absolute atomic E-state index is 0.0399. The number of ether oxygens (including phenoxy) is 2. The van der Waals surface area contributed by atoms with E-state index in [1.165, 1.54) is 5.56 Å². The fourth-order valence-electron chi connectivity index (χ4n) is 3.85. The standard InChI is InChI=1S/C24H32N2O3/c1-4-29-22-11-10-19(16-23(22)28-3)17-26-14-12-21(13-15-26)24(27)25-18(2)20-8-6-5-7-9-20/h5-11,16,18,21H,4,12-15,17H2,1-3H3,(H,25,27)/t18-/m1/s1. The maximum atomic E-state index is 12.7. The number of nitrogens with one attached hydrogen (secondary N) is 1. The first-order valence-electron chi connectivity index (χ1n) is 10.5. The van der Waals surface area contributed by atoms with Crippen LogP contribution >= 0.6 is 0 Å². The molecule has 0 spiro atoms. The van der Waals surface area contributed by atoms with E-state index in [1.807, 2.05) is 44.2 Å². The fourth-order valence-corrected chi connectivity index (χ4v) is 3.85. The van der Waals surface area contributed by atoms with Crippen LogP contribution in [-0.2, 0) is 11.3 Å². The number of benzene rings is 2. The summed E-state index contributed by atoms with van der Waals surface area (Å²) in [5, 5.41) is 3.18. The summed E-state index contributed by atoms with van der Waals surface area (Å²) in [7, 11) is 1.67. The molecule has 5 nitrogen and oxygen atoms in total. The van der Waals surface area contributed by atoms with Crippen LogP contribution < -0.4 is 14.8 Å². The number of amides is 1. The monoisotopic (exact) mass is 396 g/mol. The van der Waals surface area contributed by atoms with E-state index in [0.29, 0.717) is 6.61 Å². The second-order valence-corrected chi connectivity index (χ2v) is 7.61. The molecule has 1 amide bonds. The molecule has 29 heavy (non-hydrogen) atoms. The molecule has 0 unspecified atom stereocenters. The van der Waals surface area contributed by atoms with Crippen LogP contribution in [-0.4, -0.2) is 37.6 Å². The lowest BCUT2D eigenvalue weighted by atomic mass is 9.95. The predicted molar refractivity (Wildman–Crippen MR) is 115 cm³/mol. The summed E-state index contributed by atoms with van der Waals surface area (Å²) >= 11 is 0. The highest BCUT2D eigenvalue weighted by Crippen LogP contribution is 2.29. The van der Waals surface area contributed by atoms with Crippen LogP contribution in [0.3, 0.4) is 0 Å². The topological polar surface area (TPSA) is 50.8 Å². The third-order valence-corrected chi connectivity index (χ3v) is 5.55. The van der Waals surface area contributed by atoms with Crippen LogP contribution in [0.2, 0.25) is 0 Å². The molecular formula is C24H32N2O3. The molecule has 5 heteroatoms. The van der Waals surface area contributed by atoms with Gasteiger partial charge in [0.2, 0.25) is 5.91 Å². The molecule has 0 radical (unpaired) electrons. The molecule has 1 saturated heterocycles. The minimum atomic E-state index is 0.0399. The second kappa shape index (κ2) is 10.3. The van der Waals surface area contributed by atoms with Gasteiger partial charge >= 0.3 is 0 Å². The van der Waals surface area contributed by atoms with E-state index in [9.17, 15) is 4.79 Å². The highest BCUT2D eigenvalue weighted by molar-refractivity contribution is 5.79. The van der Waals surface area contributed by atoms with Crippen molar-refractivity contribution in [1.82, 2.24) is 10.2 Å². The number of piperidine rings is 1. The Kier molecular flexibility index (Phi) is 7.53. The molecule has 2 aromatic rings. The molecule has 0 bridgehead atoms. The van der Waals surface area contributed by atoms with Gasteiger partial charge in [-0.3, -0.25) is 9.69 Å². The number of hydrogen-bond acceptors (Lipinski definition) is 4. The number of likely N-dealkylation sites (tertiary alicyclic amines) is 1. The van der Waals surface area contributed by atoms with Crippen LogP contribution in [0.5, 0.6) is 11.5 Å². The van der Waals surface area contributed by atoms with E-state index in [1.54, 1.807) is 7.11 Å². The van der Waals surface area contributed by atoms with Crippen molar-refractivity contribution in [2.45, 2.75) is 39.3 Å². The molecule has 1 atom stereocenters. The van der Waals surface area contributed by atoms with Gasteiger partial charge in [0.15, 0.2) is 11.5 Å². The Balaban J connectivity index is 1.49. The number of methoxy groups -OCH3 is 1. The van der Waals surface area contributed by atoms with Gasteiger partial charge in [0.05, 0.1) is 19.8 Å². The normalized spacial score (nSPS) is 16.2. The molecule has 0 saturated carbocycles. The zero-order chi connectivity index (χ0) is 20.6. The van der Waals surface area contributed by atoms with Gasteiger partial charge in [0.25, 0.3) is 0 Å². The van der Waals surface area contributed by atoms with Crippen molar-refractivity contribution in [1.29, 1.82) is 0 Å². The van der Waals surface area contributed by atoms with E-state index in [2.05, 4.69) is 28.4 Å². The third-order valence-electron chi connectivity index (χ3n) is 5.55. The highest BCUT2D eigenvalue weighted by atomic mass is 16.5. The number of carbonyl (C=O) groups excluding carboxylic acids is 1. The first kappa shape index (κ1) is 21.2. The summed E-state index contributed by atoms with van der Waals surface area (Å²) in [6.07, 6.45) is 1.78. The van der Waals surface area contributed by atoms with E-state index >= 15 is 0 Å². The summed E-state index contributed by atoms with van der Waals surface area (Å²) in [4.78, 5) is 15.1. The summed E-state index contributed by atoms with van der Waals surface area (Å²) in [5.74, 6) is 1.81. The lowest BCUT2D eigenvalue weighted by Crippen LogP contribution is -2.40. The summed E-state index contributed by atoms with van der Waals surface area (Å²) in [6.45, 7) is 7.34. The van der Waals surface area contributed by atoms with Crippen LogP contribution in [0.1, 0.15) is 43.9 Å². The first-order chi connectivity index (χ1) is 14.1. The van der Waals surface area contributed by atoms with E-state index < -0.39 is 0 Å². The quantitative estimate of drug-likeness (QED) is 0.727. The van der Waals surface area contributed by atoms with Crippen molar-refractivity contribution in [3.8, 4) is 11.5 Å². The van der Waals surface area contributed by atoms with E-state index in [-0.39, 0.29) is 17.9 Å². The highest BCUT2D eigenvalue weighted by Gasteiger charge is 2.26. The first-order valence-corrected chi connectivity index (χ1v) is 10.5. The van der Waals surface area contributed by atoms with Crippen molar-refractivity contribution < 1.29 is 14.3 Å². The number of nitrogens with zero attached hydrogens (tertiary/aromatic N) is 1. The Morgan fingerprint density at radius 1 is 1.14 bits per heavy atom. The largest absolute Gasteiger partial charge is 0.493 e. The zero-order valence-electron chi connectivity index (χ0n) is 17.7. The lowest BCUT2D eigenvalue weighted by Gasteiger charge is -2.32. The molecule has 1 N–H and O–H groups in total. The van der Waals surface area contributed by atoms with Crippen molar-refractivity contribution in [3.05, 3.63) is 59.7 Å². The molecule has 1 aliphatic heterocycles. The van der Waals surface area contributed by atoms with Gasteiger partial charge in [0.1, 0.15) is 0 Å². The van der Waals surface area contributed by atoms with Gasteiger partial charge in [-0.1, -0.05) is 36.4 Å². The van der Waals surface area contributed by atoms with Crippen molar-refractivity contribution >= 4 is 5.91 Å². The Morgan fingerprint density at radius 2 is 1.86 bits per heavy atom. The minimum Gasteiger partial charge on any atom is -0.493 e. The molecular weight excluding hydrogens is 364 g/mol. The van der Waals surface area contributed by atoms with Gasteiger partial charge in [-0.25, -0.2) is 0 Å². The average molecular weight is 397 g/mol. The molecule has 3 rings (SSSR count). The van der Waals surface area contributed by atoms with Gasteiger partial charge in [-0.15, -0.1) is 0 Å². The van der Waals surface area contributed by atoms with E-state index in [0.717, 1.165) is 49.5 Å². The van der Waals surface area contributed by atoms with Crippen LogP contribution in [0, 0.1) is 5.92 Å². The summed E-state index contributed by atoms with van der Waals surface area (Å²) in [6, 6.07) is 16.3. The fraction of sp³-hybridized carbons (Fsp3) is 0.458. The molecule has 0 aromatic heterocycles. The van der Waals surface area contributed by atoms with Crippen LogP contribution in [0.25, 0.3) is 0 Å². The molecule has 1 aliphatic rings. The number of carbonyl (C=O) groups is 1. The second-order valence-electron chi connectivity index (χ2n) is 7.61. The van der Waals surface area contributed by atoms with E-state index in [4.69, 9.17) is 9.47 Å². The Morgan fingerprint density at radius 3 is 2.52 bits per heavy atom. The average Bonchev–Trinajstić information content (AvgIpc) is 2.76. The Labute approximate surface area is 174 Å². The van der Waals surface area contributed by atoms with Crippen molar-refractivity contribution in [3.63, 3.8) is 0 Å². The van der Waals surface area contributed by atoms with Crippen LogP contribution in [0.15, 0.2) is 48.5 Å². The molecule has 1 heterocycles.